The molecule has 3 rings (SSSR count). The minimum absolute atomic E-state index is 0.374. The largest absolute Gasteiger partial charge is 0.486 e. The molecule has 1 aliphatic rings. The van der Waals surface area contributed by atoms with Crippen molar-refractivity contribution in [3.05, 3.63) is 47.5 Å². The molecule has 0 saturated heterocycles. The van der Waals surface area contributed by atoms with Gasteiger partial charge < -0.3 is 20.5 Å². The predicted molar refractivity (Wildman–Crippen MR) is 87.8 cm³/mol. The molecule has 0 amide bonds. The van der Waals surface area contributed by atoms with Crippen molar-refractivity contribution in [2.45, 2.75) is 6.92 Å². The van der Waals surface area contributed by atoms with Crippen LogP contribution in [0.5, 0.6) is 11.5 Å². The highest BCUT2D eigenvalue weighted by molar-refractivity contribution is 7.80. The lowest BCUT2D eigenvalue weighted by Gasteiger charge is -2.20. The summed E-state index contributed by atoms with van der Waals surface area (Å²) < 4.78 is 11.1. The summed E-state index contributed by atoms with van der Waals surface area (Å²) in [7, 11) is 0. The smallest absolute Gasteiger partial charge is 0.163 e. The molecule has 2 aromatic rings. The zero-order valence-electron chi connectivity index (χ0n) is 11.7. The van der Waals surface area contributed by atoms with Gasteiger partial charge in [-0.2, -0.15) is 0 Å². The van der Waals surface area contributed by atoms with E-state index >= 15 is 0 Å². The number of benzene rings is 2. The highest BCUT2D eigenvalue weighted by Gasteiger charge is 2.13. The van der Waals surface area contributed by atoms with Crippen LogP contribution in [0.25, 0.3) is 0 Å². The SMILES string of the molecule is Cc1cccc(C(N)=S)c1Nc1ccc2c(c1)OCCO2. The van der Waals surface area contributed by atoms with E-state index in [-0.39, 0.29) is 0 Å². The Kier molecular flexibility index (Phi) is 3.66. The van der Waals surface area contributed by atoms with Crippen LogP contribution in [0.3, 0.4) is 0 Å². The van der Waals surface area contributed by atoms with Crippen LogP contribution in [-0.4, -0.2) is 18.2 Å². The Bertz CT molecular complexity index is 701. The third-order valence-corrected chi connectivity index (χ3v) is 3.57. The fourth-order valence-corrected chi connectivity index (χ4v) is 2.47. The van der Waals surface area contributed by atoms with E-state index in [9.17, 15) is 0 Å². The van der Waals surface area contributed by atoms with Crippen molar-refractivity contribution in [3.63, 3.8) is 0 Å². The van der Waals surface area contributed by atoms with E-state index in [4.69, 9.17) is 27.4 Å². The third kappa shape index (κ3) is 2.78. The van der Waals surface area contributed by atoms with Gasteiger partial charge in [-0.15, -0.1) is 0 Å². The highest BCUT2D eigenvalue weighted by atomic mass is 32.1. The van der Waals surface area contributed by atoms with Crippen LogP contribution >= 0.6 is 12.2 Å². The van der Waals surface area contributed by atoms with Crippen molar-refractivity contribution in [2.24, 2.45) is 5.73 Å². The predicted octanol–water partition coefficient (Wildman–Crippen LogP) is 3.14. The quantitative estimate of drug-likeness (QED) is 0.853. The standard InChI is InChI=1S/C16H16N2O2S/c1-10-3-2-4-12(16(17)21)15(10)18-11-5-6-13-14(9-11)20-8-7-19-13/h2-6,9,18H,7-8H2,1H3,(H2,17,21). The minimum atomic E-state index is 0.374. The number of thiocarbonyl (C=S) groups is 1. The zero-order chi connectivity index (χ0) is 14.8. The Morgan fingerprint density at radius 2 is 1.90 bits per heavy atom. The van der Waals surface area contributed by atoms with E-state index < -0.39 is 0 Å². The lowest BCUT2D eigenvalue weighted by atomic mass is 10.1. The number of fused-ring (bicyclic) bond motifs is 1. The number of rotatable bonds is 3. The van der Waals surface area contributed by atoms with Gasteiger partial charge in [0.05, 0.1) is 5.69 Å². The van der Waals surface area contributed by atoms with Gasteiger partial charge in [-0.1, -0.05) is 24.4 Å². The maximum absolute atomic E-state index is 5.79. The van der Waals surface area contributed by atoms with Crippen molar-refractivity contribution in [3.8, 4) is 11.5 Å². The molecular formula is C16H16N2O2S. The minimum Gasteiger partial charge on any atom is -0.486 e. The number of nitrogens with two attached hydrogens (primary N) is 1. The summed E-state index contributed by atoms with van der Waals surface area (Å²) in [5, 5.41) is 3.37. The van der Waals surface area contributed by atoms with Gasteiger partial charge in [0.25, 0.3) is 0 Å². The van der Waals surface area contributed by atoms with E-state index in [1.165, 1.54) is 0 Å². The van der Waals surface area contributed by atoms with Crippen molar-refractivity contribution < 1.29 is 9.47 Å². The molecule has 0 saturated carbocycles. The average molecular weight is 300 g/mol. The maximum Gasteiger partial charge on any atom is 0.163 e. The molecule has 0 unspecified atom stereocenters. The molecule has 5 heteroatoms. The first-order chi connectivity index (χ1) is 10.1. The Morgan fingerprint density at radius 3 is 2.67 bits per heavy atom. The summed E-state index contributed by atoms with van der Waals surface area (Å²) in [6, 6.07) is 11.6. The van der Waals surface area contributed by atoms with Crippen LogP contribution in [0.15, 0.2) is 36.4 Å². The van der Waals surface area contributed by atoms with Crippen molar-refractivity contribution in [1.29, 1.82) is 0 Å². The van der Waals surface area contributed by atoms with Crippen molar-refractivity contribution in [2.75, 3.05) is 18.5 Å². The molecule has 21 heavy (non-hydrogen) atoms. The highest BCUT2D eigenvalue weighted by Crippen LogP contribution is 2.34. The molecule has 4 nitrogen and oxygen atoms in total. The molecular weight excluding hydrogens is 284 g/mol. The Balaban J connectivity index is 1.95. The molecule has 3 N–H and O–H groups in total. The number of ether oxygens (including phenoxy) is 2. The van der Waals surface area contributed by atoms with Crippen molar-refractivity contribution >= 4 is 28.6 Å². The first-order valence-corrected chi connectivity index (χ1v) is 7.12. The zero-order valence-corrected chi connectivity index (χ0v) is 12.5. The number of nitrogens with one attached hydrogen (secondary N) is 1. The van der Waals surface area contributed by atoms with Gasteiger partial charge in [0, 0.05) is 17.3 Å². The summed E-state index contributed by atoms with van der Waals surface area (Å²) in [6.45, 7) is 3.17. The van der Waals surface area contributed by atoms with Gasteiger partial charge in [0.2, 0.25) is 0 Å². The lowest BCUT2D eigenvalue weighted by molar-refractivity contribution is 0.171. The summed E-state index contributed by atoms with van der Waals surface area (Å²) in [5.74, 6) is 1.52. The number of para-hydroxylation sites is 1. The molecule has 2 aromatic carbocycles. The summed E-state index contributed by atoms with van der Waals surface area (Å²) in [4.78, 5) is 0.374. The maximum atomic E-state index is 5.79. The molecule has 0 atom stereocenters. The fourth-order valence-electron chi connectivity index (χ4n) is 2.30. The molecule has 1 aliphatic heterocycles. The van der Waals surface area contributed by atoms with Crippen LogP contribution in [0, 0.1) is 6.92 Å². The fraction of sp³-hybridized carbons (Fsp3) is 0.188. The molecule has 0 radical (unpaired) electrons. The molecule has 0 bridgehead atoms. The molecule has 108 valence electrons. The van der Waals surface area contributed by atoms with E-state index in [0.29, 0.717) is 18.2 Å². The van der Waals surface area contributed by atoms with Gasteiger partial charge in [-0.05, 0) is 30.7 Å². The summed E-state index contributed by atoms with van der Waals surface area (Å²) >= 11 is 5.12. The third-order valence-electron chi connectivity index (χ3n) is 3.35. The molecule has 0 aliphatic carbocycles. The monoisotopic (exact) mass is 300 g/mol. The van der Waals surface area contributed by atoms with Gasteiger partial charge in [0.1, 0.15) is 18.2 Å². The molecule has 1 heterocycles. The molecule has 0 spiro atoms. The van der Waals surface area contributed by atoms with Crippen molar-refractivity contribution in [1.82, 2.24) is 0 Å². The van der Waals surface area contributed by atoms with Gasteiger partial charge >= 0.3 is 0 Å². The summed E-state index contributed by atoms with van der Waals surface area (Å²) in [5.41, 5.74) is 9.53. The average Bonchev–Trinajstić information content (AvgIpc) is 2.49. The molecule has 0 fully saturated rings. The first-order valence-electron chi connectivity index (χ1n) is 6.71. The Labute approximate surface area is 128 Å². The van der Waals surface area contributed by atoms with Gasteiger partial charge in [-0.3, -0.25) is 0 Å². The number of hydrogen-bond acceptors (Lipinski definition) is 4. The second kappa shape index (κ2) is 5.61. The van der Waals surface area contributed by atoms with Crippen LogP contribution < -0.4 is 20.5 Å². The topological polar surface area (TPSA) is 56.5 Å². The van der Waals surface area contributed by atoms with E-state index in [2.05, 4.69) is 5.32 Å². The normalized spacial score (nSPS) is 12.8. The number of aryl methyl sites for hydroxylation is 1. The van der Waals surface area contributed by atoms with E-state index in [1.807, 2.05) is 43.3 Å². The first kappa shape index (κ1) is 13.7. The van der Waals surface area contributed by atoms with E-state index in [0.717, 1.165) is 34.0 Å². The van der Waals surface area contributed by atoms with Crippen LogP contribution in [0.2, 0.25) is 0 Å². The lowest BCUT2D eigenvalue weighted by Crippen LogP contribution is -2.15. The van der Waals surface area contributed by atoms with Crippen LogP contribution in [-0.2, 0) is 0 Å². The Hall–Kier alpha value is -2.27. The Morgan fingerprint density at radius 1 is 1.14 bits per heavy atom. The second-order valence-electron chi connectivity index (χ2n) is 4.85. The van der Waals surface area contributed by atoms with Crippen LogP contribution in [0.1, 0.15) is 11.1 Å². The molecule has 0 aromatic heterocycles. The summed E-state index contributed by atoms with van der Waals surface area (Å²) in [6.07, 6.45) is 0. The number of hydrogen-bond donors (Lipinski definition) is 2. The second-order valence-corrected chi connectivity index (χ2v) is 5.28. The number of anilines is 2. The van der Waals surface area contributed by atoms with Gasteiger partial charge in [0.15, 0.2) is 11.5 Å². The van der Waals surface area contributed by atoms with E-state index in [1.54, 1.807) is 0 Å². The van der Waals surface area contributed by atoms with Crippen LogP contribution in [0.4, 0.5) is 11.4 Å². The van der Waals surface area contributed by atoms with Gasteiger partial charge in [-0.25, -0.2) is 0 Å².